The highest BCUT2D eigenvalue weighted by Crippen LogP contribution is 2.24. The first-order valence-electron chi connectivity index (χ1n) is 11.6. The molecule has 1 saturated heterocycles. The molecule has 0 radical (unpaired) electrons. The fourth-order valence-electron chi connectivity index (χ4n) is 4.06. The lowest BCUT2D eigenvalue weighted by Crippen LogP contribution is -2.37. The van der Waals surface area contributed by atoms with E-state index >= 15 is 0 Å². The number of nitrogens with zero attached hydrogens (tertiary/aromatic N) is 3. The number of hydrogen-bond acceptors (Lipinski definition) is 4. The van der Waals surface area contributed by atoms with Gasteiger partial charge in [0.2, 0.25) is 0 Å². The highest BCUT2D eigenvalue weighted by atomic mass is 35.5. The van der Waals surface area contributed by atoms with E-state index in [1.54, 1.807) is 48.5 Å². The molecule has 1 aliphatic heterocycles. The summed E-state index contributed by atoms with van der Waals surface area (Å²) >= 11 is 7.76. The van der Waals surface area contributed by atoms with Crippen molar-refractivity contribution in [3.05, 3.63) is 86.9 Å². The summed E-state index contributed by atoms with van der Waals surface area (Å²) in [4.78, 5) is 32.4. The monoisotopic (exact) mass is 535 g/mol. The molecule has 0 unspecified atom stereocenters. The second kappa shape index (κ2) is 11.5. The highest BCUT2D eigenvalue weighted by molar-refractivity contribution is 7.99. The molecule has 0 bridgehead atoms. The Morgan fingerprint density at radius 1 is 1.06 bits per heavy atom. The lowest BCUT2D eigenvalue weighted by atomic mass is 10.1. The number of rotatable bonds is 7. The molecule has 0 saturated carbocycles. The molecule has 36 heavy (non-hydrogen) atoms. The maximum atomic E-state index is 13.1. The Morgan fingerprint density at radius 2 is 1.78 bits per heavy atom. The molecule has 3 aromatic rings. The van der Waals surface area contributed by atoms with Gasteiger partial charge in [-0.2, -0.15) is 24.9 Å². The minimum absolute atomic E-state index is 0.0136. The summed E-state index contributed by atoms with van der Waals surface area (Å²) in [6, 6.07) is 15.1. The Kier molecular flexibility index (Phi) is 8.41. The summed E-state index contributed by atoms with van der Waals surface area (Å²) in [7, 11) is 0. The Balaban J connectivity index is 1.63. The first-order valence-corrected chi connectivity index (χ1v) is 13.1. The molecule has 1 fully saturated rings. The molecule has 1 aliphatic rings. The van der Waals surface area contributed by atoms with Gasteiger partial charge in [-0.15, -0.1) is 0 Å². The van der Waals surface area contributed by atoms with Crippen LogP contribution in [0.5, 0.6) is 0 Å². The van der Waals surface area contributed by atoms with Crippen molar-refractivity contribution in [2.75, 3.05) is 24.6 Å². The summed E-state index contributed by atoms with van der Waals surface area (Å²) in [5, 5.41) is 0.523. The lowest BCUT2D eigenvalue weighted by Gasteiger charge is -2.26. The van der Waals surface area contributed by atoms with Crippen molar-refractivity contribution in [3.63, 3.8) is 0 Å². The van der Waals surface area contributed by atoms with E-state index in [1.165, 1.54) is 10.6 Å². The predicted molar refractivity (Wildman–Crippen MR) is 137 cm³/mol. The fraction of sp³-hybridized carbons (Fsp3) is 0.346. The van der Waals surface area contributed by atoms with Gasteiger partial charge in [0.1, 0.15) is 5.82 Å². The normalized spacial score (nSPS) is 14.2. The van der Waals surface area contributed by atoms with Crippen molar-refractivity contribution in [2.45, 2.75) is 32.0 Å². The maximum absolute atomic E-state index is 13.1. The average Bonchev–Trinajstić information content (AvgIpc) is 2.86. The van der Waals surface area contributed by atoms with E-state index in [9.17, 15) is 22.8 Å². The van der Waals surface area contributed by atoms with Crippen LogP contribution in [0.2, 0.25) is 5.02 Å². The first kappa shape index (κ1) is 26.3. The van der Waals surface area contributed by atoms with E-state index in [2.05, 4.69) is 4.98 Å². The van der Waals surface area contributed by atoms with E-state index in [4.69, 9.17) is 11.6 Å². The zero-order chi connectivity index (χ0) is 25.7. The number of thioether (sulfide) groups is 1. The predicted octanol–water partition coefficient (Wildman–Crippen LogP) is 5.69. The van der Waals surface area contributed by atoms with Crippen molar-refractivity contribution in [2.24, 2.45) is 0 Å². The number of halogens is 4. The van der Waals surface area contributed by atoms with Crippen LogP contribution in [-0.4, -0.2) is 51.1 Å². The summed E-state index contributed by atoms with van der Waals surface area (Å²) in [6.45, 7) is 1.48. The molecule has 4 rings (SSSR count). The summed E-state index contributed by atoms with van der Waals surface area (Å²) in [5.74, 6) is 1.99. The molecule has 10 heteroatoms. The topological polar surface area (TPSA) is 55.2 Å². The molecular formula is C26H25ClF3N3O2S. The van der Waals surface area contributed by atoms with Gasteiger partial charge in [-0.25, -0.2) is 4.98 Å². The summed E-state index contributed by atoms with van der Waals surface area (Å²) in [6.07, 6.45) is -5.46. The molecule has 190 valence electrons. The Bertz CT molecular complexity index is 1270. The van der Waals surface area contributed by atoms with Gasteiger partial charge in [0, 0.05) is 59.7 Å². The molecule has 2 heterocycles. The molecule has 0 spiro atoms. The van der Waals surface area contributed by atoms with E-state index in [1.807, 2.05) is 16.7 Å². The van der Waals surface area contributed by atoms with E-state index < -0.39 is 12.6 Å². The highest BCUT2D eigenvalue weighted by Gasteiger charge is 2.26. The first-order chi connectivity index (χ1) is 17.2. The third-order valence-corrected chi connectivity index (χ3v) is 7.10. The van der Waals surface area contributed by atoms with Crippen LogP contribution in [0, 0.1) is 0 Å². The minimum Gasteiger partial charge on any atom is -0.337 e. The van der Waals surface area contributed by atoms with Gasteiger partial charge in [0.15, 0.2) is 0 Å². The second-order valence-corrected chi connectivity index (χ2v) is 10.2. The van der Waals surface area contributed by atoms with Gasteiger partial charge < -0.3 is 4.90 Å². The lowest BCUT2D eigenvalue weighted by molar-refractivity contribution is -0.135. The van der Waals surface area contributed by atoms with Crippen LogP contribution in [0.4, 0.5) is 13.2 Å². The van der Waals surface area contributed by atoms with E-state index in [0.717, 1.165) is 11.5 Å². The van der Waals surface area contributed by atoms with Crippen LogP contribution < -0.4 is 5.56 Å². The van der Waals surface area contributed by atoms with Gasteiger partial charge in [-0.1, -0.05) is 35.9 Å². The maximum Gasteiger partial charge on any atom is 0.389 e. The zero-order valence-electron chi connectivity index (χ0n) is 19.4. The summed E-state index contributed by atoms with van der Waals surface area (Å²) < 4.78 is 39.8. The Hall–Kier alpha value is -2.78. The van der Waals surface area contributed by atoms with Gasteiger partial charge in [-0.3, -0.25) is 14.2 Å². The van der Waals surface area contributed by atoms with Crippen LogP contribution in [0.3, 0.4) is 0 Å². The van der Waals surface area contributed by atoms with Crippen molar-refractivity contribution in [3.8, 4) is 11.3 Å². The Labute approximate surface area is 216 Å². The largest absolute Gasteiger partial charge is 0.389 e. The van der Waals surface area contributed by atoms with Crippen LogP contribution in [0.15, 0.2) is 59.4 Å². The van der Waals surface area contributed by atoms with Crippen molar-refractivity contribution in [1.82, 2.24) is 14.5 Å². The fourth-order valence-corrected chi connectivity index (χ4v) is 5.09. The van der Waals surface area contributed by atoms with Gasteiger partial charge in [-0.05, 0) is 36.2 Å². The SMILES string of the molecule is O=C(c1cccc(Cn2c(CCCC(F)(F)F)nc(-c3ccc(Cl)cc3)cc2=O)c1)N1CCSCC1. The standard InChI is InChI=1S/C26H25ClF3N3O2S/c27-21-8-6-19(7-9-21)22-16-24(34)33(23(31-22)5-2-10-26(28,29)30)17-18-3-1-4-20(15-18)25(35)32-11-13-36-14-12-32/h1,3-4,6-9,15-16H,2,5,10-14,17H2. The molecule has 1 amide bonds. The molecule has 2 aromatic carbocycles. The number of amides is 1. The summed E-state index contributed by atoms with van der Waals surface area (Å²) in [5.41, 5.74) is 1.88. The second-order valence-electron chi connectivity index (χ2n) is 8.56. The van der Waals surface area contributed by atoms with Crippen molar-refractivity contribution < 1.29 is 18.0 Å². The number of carbonyl (C=O) groups is 1. The van der Waals surface area contributed by atoms with Gasteiger partial charge in [0.25, 0.3) is 11.5 Å². The van der Waals surface area contributed by atoms with Gasteiger partial charge in [0.05, 0.1) is 12.2 Å². The quantitative estimate of drug-likeness (QED) is 0.390. The number of hydrogen-bond donors (Lipinski definition) is 0. The number of carbonyl (C=O) groups excluding carboxylic acids is 1. The van der Waals surface area contributed by atoms with Crippen molar-refractivity contribution in [1.29, 1.82) is 0 Å². The van der Waals surface area contributed by atoms with E-state index in [0.29, 0.717) is 40.5 Å². The van der Waals surface area contributed by atoms with Crippen molar-refractivity contribution >= 4 is 29.3 Å². The molecule has 5 nitrogen and oxygen atoms in total. The smallest absolute Gasteiger partial charge is 0.337 e. The molecule has 0 N–H and O–H groups in total. The van der Waals surface area contributed by atoms with Crippen LogP contribution in [0.25, 0.3) is 11.3 Å². The molecule has 1 aromatic heterocycles. The molecule has 0 atom stereocenters. The third-order valence-electron chi connectivity index (χ3n) is 5.90. The molecular weight excluding hydrogens is 511 g/mol. The van der Waals surface area contributed by atoms with E-state index in [-0.39, 0.29) is 36.7 Å². The number of aromatic nitrogens is 2. The number of aryl methyl sites for hydroxylation is 1. The minimum atomic E-state index is -4.29. The number of benzene rings is 2. The third kappa shape index (κ3) is 6.91. The Morgan fingerprint density at radius 3 is 2.47 bits per heavy atom. The van der Waals surface area contributed by atoms with Crippen LogP contribution >= 0.6 is 23.4 Å². The van der Waals surface area contributed by atoms with Crippen LogP contribution in [0.1, 0.15) is 34.6 Å². The molecule has 0 aliphatic carbocycles. The number of alkyl halides is 3. The zero-order valence-corrected chi connectivity index (χ0v) is 21.0. The van der Waals surface area contributed by atoms with Crippen LogP contribution in [-0.2, 0) is 13.0 Å². The van der Waals surface area contributed by atoms with Gasteiger partial charge >= 0.3 is 6.18 Å². The average molecular weight is 536 g/mol.